The molecule has 138 valence electrons. The molecule has 0 aromatic carbocycles. The summed E-state index contributed by atoms with van der Waals surface area (Å²) >= 11 is 1.28. The van der Waals surface area contributed by atoms with E-state index in [2.05, 4.69) is 20.1 Å². The van der Waals surface area contributed by atoms with E-state index in [-0.39, 0.29) is 5.91 Å². The zero-order valence-corrected chi connectivity index (χ0v) is 15.9. The molecule has 0 bridgehead atoms. The highest BCUT2D eigenvalue weighted by Gasteiger charge is 2.27. The molecule has 8 nitrogen and oxygen atoms in total. The molecule has 1 saturated heterocycles. The maximum Gasteiger partial charge on any atom is 0.277 e. The van der Waals surface area contributed by atoms with Crippen molar-refractivity contribution in [3.05, 3.63) is 23.0 Å². The van der Waals surface area contributed by atoms with Crippen molar-refractivity contribution >= 4 is 23.5 Å². The first-order valence-electron chi connectivity index (χ1n) is 8.92. The van der Waals surface area contributed by atoms with E-state index in [0.29, 0.717) is 30.0 Å². The second-order valence-corrected chi connectivity index (χ2v) is 7.58. The Labute approximate surface area is 156 Å². The molecule has 1 fully saturated rings. The SMILES string of the molecule is Cc1nc2c(c(N3CCCC3)n1)CCN(C(=O)CSc1nnc(C)o1)C2. The van der Waals surface area contributed by atoms with Crippen LogP contribution in [0.15, 0.2) is 9.64 Å². The van der Waals surface area contributed by atoms with E-state index < -0.39 is 0 Å². The van der Waals surface area contributed by atoms with Gasteiger partial charge in [0, 0.05) is 32.1 Å². The number of amides is 1. The first-order valence-corrected chi connectivity index (χ1v) is 9.91. The molecule has 0 aliphatic carbocycles. The van der Waals surface area contributed by atoms with E-state index in [0.717, 1.165) is 36.8 Å². The fourth-order valence-corrected chi connectivity index (χ4v) is 4.19. The lowest BCUT2D eigenvalue weighted by atomic mass is 10.0. The molecule has 0 spiro atoms. The van der Waals surface area contributed by atoms with Gasteiger partial charge in [-0.2, -0.15) is 0 Å². The molecule has 2 aliphatic heterocycles. The minimum atomic E-state index is 0.0653. The molecule has 9 heteroatoms. The van der Waals surface area contributed by atoms with Crippen LogP contribution in [0.1, 0.15) is 35.8 Å². The normalized spacial score (nSPS) is 16.8. The van der Waals surface area contributed by atoms with Gasteiger partial charge in [0.2, 0.25) is 11.8 Å². The van der Waals surface area contributed by atoms with Gasteiger partial charge in [-0.15, -0.1) is 10.2 Å². The fourth-order valence-electron chi connectivity index (χ4n) is 3.49. The number of anilines is 1. The molecule has 0 unspecified atom stereocenters. The summed E-state index contributed by atoms with van der Waals surface area (Å²) in [4.78, 5) is 26.1. The van der Waals surface area contributed by atoms with Gasteiger partial charge in [0.25, 0.3) is 5.22 Å². The monoisotopic (exact) mass is 374 g/mol. The Morgan fingerprint density at radius 1 is 1.15 bits per heavy atom. The van der Waals surface area contributed by atoms with Gasteiger partial charge in [-0.3, -0.25) is 4.79 Å². The van der Waals surface area contributed by atoms with Crippen LogP contribution in [-0.2, 0) is 17.8 Å². The third-order valence-corrected chi connectivity index (χ3v) is 5.54. The second-order valence-electron chi connectivity index (χ2n) is 6.65. The van der Waals surface area contributed by atoms with Gasteiger partial charge >= 0.3 is 0 Å². The Hall–Kier alpha value is -2.16. The van der Waals surface area contributed by atoms with E-state index in [9.17, 15) is 4.79 Å². The van der Waals surface area contributed by atoms with Crippen LogP contribution in [0.4, 0.5) is 5.82 Å². The smallest absolute Gasteiger partial charge is 0.277 e. The summed E-state index contributed by atoms with van der Waals surface area (Å²) in [7, 11) is 0. The maximum atomic E-state index is 12.6. The van der Waals surface area contributed by atoms with Crippen molar-refractivity contribution < 1.29 is 9.21 Å². The molecule has 0 saturated carbocycles. The van der Waals surface area contributed by atoms with Crippen LogP contribution in [0.2, 0.25) is 0 Å². The van der Waals surface area contributed by atoms with E-state index in [1.165, 1.54) is 30.2 Å². The molecule has 4 heterocycles. The Kier molecular flexibility index (Phi) is 4.80. The molecule has 0 radical (unpaired) electrons. The van der Waals surface area contributed by atoms with E-state index in [1.807, 2.05) is 11.8 Å². The molecule has 2 aliphatic rings. The first kappa shape index (κ1) is 17.3. The van der Waals surface area contributed by atoms with Crippen LogP contribution < -0.4 is 4.90 Å². The number of rotatable bonds is 4. The quantitative estimate of drug-likeness (QED) is 0.748. The number of aryl methyl sites for hydroxylation is 2. The van der Waals surface area contributed by atoms with Crippen molar-refractivity contribution in [1.29, 1.82) is 0 Å². The van der Waals surface area contributed by atoms with E-state index in [1.54, 1.807) is 6.92 Å². The summed E-state index contributed by atoms with van der Waals surface area (Å²) in [5.41, 5.74) is 2.19. The largest absolute Gasteiger partial charge is 0.416 e. The average Bonchev–Trinajstić information content (AvgIpc) is 3.30. The van der Waals surface area contributed by atoms with Gasteiger partial charge in [-0.05, 0) is 26.2 Å². The van der Waals surface area contributed by atoms with Crippen molar-refractivity contribution in [2.75, 3.05) is 30.3 Å². The van der Waals surface area contributed by atoms with Gasteiger partial charge in [-0.1, -0.05) is 11.8 Å². The van der Waals surface area contributed by atoms with Crippen LogP contribution in [0, 0.1) is 13.8 Å². The average molecular weight is 374 g/mol. The predicted molar refractivity (Wildman–Crippen MR) is 97.1 cm³/mol. The number of thioether (sulfide) groups is 1. The van der Waals surface area contributed by atoms with E-state index in [4.69, 9.17) is 9.40 Å². The Morgan fingerprint density at radius 3 is 2.69 bits per heavy atom. The summed E-state index contributed by atoms with van der Waals surface area (Å²) in [5.74, 6) is 2.72. The molecule has 0 N–H and O–H groups in total. The van der Waals surface area contributed by atoms with Crippen molar-refractivity contribution in [3.8, 4) is 0 Å². The predicted octanol–water partition coefficient (Wildman–Crippen LogP) is 1.75. The van der Waals surface area contributed by atoms with Crippen molar-refractivity contribution in [1.82, 2.24) is 25.1 Å². The topological polar surface area (TPSA) is 88.3 Å². The third-order valence-electron chi connectivity index (χ3n) is 4.74. The van der Waals surface area contributed by atoms with Gasteiger partial charge in [0.05, 0.1) is 18.0 Å². The van der Waals surface area contributed by atoms with Crippen LogP contribution in [0.5, 0.6) is 0 Å². The van der Waals surface area contributed by atoms with Crippen LogP contribution in [0.25, 0.3) is 0 Å². The molecular weight excluding hydrogens is 352 g/mol. The summed E-state index contributed by atoms with van der Waals surface area (Å²) in [6.45, 7) is 7.02. The van der Waals surface area contributed by atoms with Gasteiger partial charge in [0.15, 0.2) is 0 Å². The zero-order valence-electron chi connectivity index (χ0n) is 15.1. The van der Waals surface area contributed by atoms with Gasteiger partial charge in [-0.25, -0.2) is 9.97 Å². The molecule has 4 rings (SSSR count). The lowest BCUT2D eigenvalue weighted by Gasteiger charge is -2.31. The lowest BCUT2D eigenvalue weighted by Crippen LogP contribution is -2.38. The molecule has 2 aromatic heterocycles. The zero-order chi connectivity index (χ0) is 18.1. The highest BCUT2D eigenvalue weighted by Crippen LogP contribution is 2.29. The van der Waals surface area contributed by atoms with Crippen LogP contribution >= 0.6 is 11.8 Å². The highest BCUT2D eigenvalue weighted by atomic mass is 32.2. The first-order chi connectivity index (χ1) is 12.6. The Morgan fingerprint density at radius 2 is 1.96 bits per heavy atom. The number of carbonyl (C=O) groups excluding carboxylic acids is 1. The van der Waals surface area contributed by atoms with Crippen molar-refractivity contribution in [2.45, 2.75) is 44.9 Å². The summed E-state index contributed by atoms with van der Waals surface area (Å²) < 4.78 is 5.31. The summed E-state index contributed by atoms with van der Waals surface area (Å²) in [5, 5.41) is 8.13. The summed E-state index contributed by atoms with van der Waals surface area (Å²) in [6, 6.07) is 0. The maximum absolute atomic E-state index is 12.6. The summed E-state index contributed by atoms with van der Waals surface area (Å²) in [6.07, 6.45) is 3.24. The van der Waals surface area contributed by atoms with E-state index >= 15 is 0 Å². The van der Waals surface area contributed by atoms with Crippen LogP contribution in [0.3, 0.4) is 0 Å². The number of hydrogen-bond acceptors (Lipinski definition) is 8. The van der Waals surface area contributed by atoms with Crippen molar-refractivity contribution in [2.24, 2.45) is 0 Å². The lowest BCUT2D eigenvalue weighted by molar-refractivity contribution is -0.129. The highest BCUT2D eigenvalue weighted by molar-refractivity contribution is 7.99. The number of carbonyl (C=O) groups is 1. The number of aromatic nitrogens is 4. The molecule has 0 atom stereocenters. The fraction of sp³-hybridized carbons (Fsp3) is 0.588. The number of nitrogens with zero attached hydrogens (tertiary/aromatic N) is 6. The van der Waals surface area contributed by atoms with Crippen molar-refractivity contribution in [3.63, 3.8) is 0 Å². The minimum Gasteiger partial charge on any atom is -0.416 e. The number of fused-ring (bicyclic) bond motifs is 1. The van der Waals surface area contributed by atoms with Gasteiger partial charge < -0.3 is 14.2 Å². The van der Waals surface area contributed by atoms with Gasteiger partial charge in [0.1, 0.15) is 11.6 Å². The third kappa shape index (κ3) is 3.53. The minimum absolute atomic E-state index is 0.0653. The Balaban J connectivity index is 1.46. The number of hydrogen-bond donors (Lipinski definition) is 0. The molecule has 2 aromatic rings. The second kappa shape index (κ2) is 7.22. The molecular formula is C17H22N6O2S. The standard InChI is InChI=1S/C17H22N6O2S/c1-11-18-14-9-23(15(24)10-26-17-21-20-12(2)25-17)8-5-13(14)16(19-11)22-6-3-4-7-22/h3-10H2,1-2H3. The molecule has 1 amide bonds. The Bertz CT molecular complexity index is 818. The van der Waals surface area contributed by atoms with Crippen LogP contribution in [-0.4, -0.2) is 56.4 Å². The molecule has 26 heavy (non-hydrogen) atoms.